The van der Waals surface area contributed by atoms with Crippen molar-refractivity contribution in [3.63, 3.8) is 0 Å². The third kappa shape index (κ3) is 4.71. The van der Waals surface area contributed by atoms with Crippen molar-refractivity contribution < 1.29 is 23.9 Å². The number of esters is 2. The lowest BCUT2D eigenvalue weighted by molar-refractivity contribution is -0.139. The molecule has 0 bridgehead atoms. The Kier molecular flexibility index (Phi) is 6.39. The summed E-state index contributed by atoms with van der Waals surface area (Å²) < 4.78 is 12.0. The van der Waals surface area contributed by atoms with E-state index in [1.54, 1.807) is 55.5 Å². The van der Waals surface area contributed by atoms with Gasteiger partial charge in [-0.2, -0.15) is 4.68 Å². The van der Waals surface area contributed by atoms with Crippen molar-refractivity contribution in [1.82, 2.24) is 30.8 Å². The van der Waals surface area contributed by atoms with Gasteiger partial charge in [0.05, 0.1) is 35.2 Å². The summed E-state index contributed by atoms with van der Waals surface area (Å²) >= 11 is 0. The lowest BCUT2D eigenvalue weighted by Crippen LogP contribution is -2.47. The molecule has 11 nitrogen and oxygen atoms in total. The van der Waals surface area contributed by atoms with Crippen molar-refractivity contribution in [2.75, 3.05) is 13.2 Å². The number of carbonyl (C=O) groups is 3. The highest BCUT2D eigenvalue weighted by Gasteiger charge is 2.34. The Hall–Kier alpha value is -4.54. The minimum absolute atomic E-state index is 0.138. The van der Waals surface area contributed by atoms with Crippen molar-refractivity contribution in [3.05, 3.63) is 83.3 Å². The highest BCUT2D eigenvalue weighted by Crippen LogP contribution is 2.28. The molecule has 1 aromatic heterocycles. The normalized spacial score (nSPS) is 15.4. The number of amides is 2. The average molecular weight is 448 g/mol. The summed E-state index contributed by atoms with van der Waals surface area (Å²) in [5, 5.41) is 16.2. The van der Waals surface area contributed by atoms with Crippen LogP contribution < -0.4 is 10.6 Å². The number of benzene rings is 2. The monoisotopic (exact) mass is 448 g/mol. The molecule has 2 heterocycles. The zero-order valence-electron chi connectivity index (χ0n) is 17.6. The van der Waals surface area contributed by atoms with E-state index in [0.717, 1.165) is 0 Å². The maximum Gasteiger partial charge on any atom is 0.340 e. The number of rotatable bonds is 7. The van der Waals surface area contributed by atoms with Crippen LogP contribution in [0.1, 0.15) is 28.9 Å². The predicted molar refractivity (Wildman–Crippen MR) is 114 cm³/mol. The number of urea groups is 1. The fourth-order valence-electron chi connectivity index (χ4n) is 3.41. The molecule has 1 unspecified atom stereocenters. The van der Waals surface area contributed by atoms with Crippen LogP contribution in [0, 0.1) is 0 Å². The second-order valence-electron chi connectivity index (χ2n) is 6.90. The number of para-hydroxylation sites is 1. The second kappa shape index (κ2) is 9.73. The summed E-state index contributed by atoms with van der Waals surface area (Å²) in [5.41, 5.74) is 1.61. The zero-order chi connectivity index (χ0) is 23.2. The molecule has 0 aliphatic carbocycles. The van der Waals surface area contributed by atoms with E-state index in [-0.39, 0.29) is 30.0 Å². The van der Waals surface area contributed by atoms with Crippen LogP contribution in [-0.4, -0.2) is 51.4 Å². The summed E-state index contributed by atoms with van der Waals surface area (Å²) in [6.07, 6.45) is 1.35. The van der Waals surface area contributed by atoms with Gasteiger partial charge in [0.15, 0.2) is 0 Å². The van der Waals surface area contributed by atoms with E-state index in [1.165, 1.54) is 11.0 Å². The van der Waals surface area contributed by atoms with E-state index in [9.17, 15) is 14.4 Å². The van der Waals surface area contributed by atoms with Crippen LogP contribution in [0.2, 0.25) is 0 Å². The first-order chi connectivity index (χ1) is 16.1. The topological polar surface area (TPSA) is 137 Å². The standard InChI is InChI=1S/C22H20N6O5/c1-2-32-21(30)18-16(24-22(31)25-19(18)14-8-4-3-5-9-14)12-33-20(29)15-10-6-7-11-17(15)28-13-23-26-27-28/h3-11,13,19H,2,12H2,1H3,(H2,24,25,31). The van der Waals surface area contributed by atoms with Crippen LogP contribution in [0.4, 0.5) is 4.79 Å². The van der Waals surface area contributed by atoms with Gasteiger partial charge >= 0.3 is 18.0 Å². The van der Waals surface area contributed by atoms with Gasteiger partial charge in [0.25, 0.3) is 0 Å². The van der Waals surface area contributed by atoms with Gasteiger partial charge in [0.2, 0.25) is 0 Å². The molecular weight excluding hydrogens is 428 g/mol. The number of nitrogens with zero attached hydrogens (tertiary/aromatic N) is 4. The molecule has 2 aromatic carbocycles. The number of hydrogen-bond acceptors (Lipinski definition) is 8. The Bertz CT molecular complexity index is 1190. The Morgan fingerprint density at radius 1 is 1.03 bits per heavy atom. The summed E-state index contributed by atoms with van der Waals surface area (Å²) in [4.78, 5) is 38.0. The van der Waals surface area contributed by atoms with Crippen molar-refractivity contribution in [2.45, 2.75) is 13.0 Å². The molecule has 0 spiro atoms. The largest absolute Gasteiger partial charge is 0.463 e. The van der Waals surface area contributed by atoms with Crippen LogP contribution in [0.15, 0.2) is 72.2 Å². The minimum Gasteiger partial charge on any atom is -0.463 e. The molecule has 11 heteroatoms. The molecule has 0 fully saturated rings. The fourth-order valence-corrected chi connectivity index (χ4v) is 3.41. The second-order valence-corrected chi connectivity index (χ2v) is 6.90. The Morgan fingerprint density at radius 2 is 1.79 bits per heavy atom. The number of hydrogen-bond donors (Lipinski definition) is 2. The maximum atomic E-state index is 12.9. The number of aromatic nitrogens is 4. The molecular formula is C22H20N6O5. The first-order valence-electron chi connectivity index (χ1n) is 10.1. The van der Waals surface area contributed by atoms with Gasteiger partial charge in [-0.15, -0.1) is 5.10 Å². The molecule has 0 saturated heterocycles. The SMILES string of the molecule is CCOC(=O)C1=C(COC(=O)c2ccccc2-n2cnnn2)NC(=O)NC1c1ccccc1. The molecule has 3 aromatic rings. The summed E-state index contributed by atoms with van der Waals surface area (Å²) in [7, 11) is 0. The van der Waals surface area contributed by atoms with Crippen molar-refractivity contribution in [2.24, 2.45) is 0 Å². The molecule has 168 valence electrons. The Morgan fingerprint density at radius 3 is 2.52 bits per heavy atom. The predicted octanol–water partition coefficient (Wildman–Crippen LogP) is 1.69. The lowest BCUT2D eigenvalue weighted by Gasteiger charge is -2.29. The first-order valence-corrected chi connectivity index (χ1v) is 10.1. The van der Waals surface area contributed by atoms with Gasteiger partial charge in [-0.1, -0.05) is 42.5 Å². The molecule has 1 aliphatic rings. The molecule has 33 heavy (non-hydrogen) atoms. The van der Waals surface area contributed by atoms with Crippen LogP contribution in [0.3, 0.4) is 0 Å². The van der Waals surface area contributed by atoms with E-state index >= 15 is 0 Å². The van der Waals surface area contributed by atoms with Gasteiger partial charge in [0, 0.05) is 0 Å². The van der Waals surface area contributed by atoms with Crippen molar-refractivity contribution >= 4 is 18.0 Å². The zero-order valence-corrected chi connectivity index (χ0v) is 17.6. The Labute approximate surface area is 188 Å². The molecule has 1 aliphatic heterocycles. The number of tetrazole rings is 1. The lowest BCUT2D eigenvalue weighted by atomic mass is 9.95. The molecule has 2 N–H and O–H groups in total. The van der Waals surface area contributed by atoms with Crippen molar-refractivity contribution in [1.29, 1.82) is 0 Å². The summed E-state index contributed by atoms with van der Waals surface area (Å²) in [6.45, 7) is 1.47. The van der Waals surface area contributed by atoms with Gasteiger partial charge in [-0.25, -0.2) is 14.4 Å². The summed E-state index contributed by atoms with van der Waals surface area (Å²) in [6, 6.07) is 14.3. The van der Waals surface area contributed by atoms with E-state index < -0.39 is 24.0 Å². The average Bonchev–Trinajstić information content (AvgIpc) is 3.38. The van der Waals surface area contributed by atoms with Crippen LogP contribution in [0.25, 0.3) is 5.69 Å². The van der Waals surface area contributed by atoms with E-state index in [1.807, 2.05) is 6.07 Å². The molecule has 0 radical (unpaired) electrons. The van der Waals surface area contributed by atoms with E-state index in [4.69, 9.17) is 9.47 Å². The van der Waals surface area contributed by atoms with Gasteiger partial charge in [-0.05, 0) is 35.0 Å². The third-order valence-corrected chi connectivity index (χ3v) is 4.85. The van der Waals surface area contributed by atoms with E-state index in [2.05, 4.69) is 26.2 Å². The molecule has 1 atom stereocenters. The third-order valence-electron chi connectivity index (χ3n) is 4.85. The minimum atomic E-state index is -0.763. The molecule has 2 amide bonds. The van der Waals surface area contributed by atoms with Gasteiger partial charge in [-0.3, -0.25) is 0 Å². The van der Waals surface area contributed by atoms with Crippen LogP contribution in [0.5, 0.6) is 0 Å². The van der Waals surface area contributed by atoms with E-state index in [0.29, 0.717) is 11.3 Å². The fraction of sp³-hybridized carbons (Fsp3) is 0.182. The highest BCUT2D eigenvalue weighted by atomic mass is 16.5. The molecule has 4 rings (SSSR count). The number of carbonyl (C=O) groups excluding carboxylic acids is 3. The smallest absolute Gasteiger partial charge is 0.340 e. The van der Waals surface area contributed by atoms with Gasteiger partial charge in [0.1, 0.15) is 12.9 Å². The highest BCUT2D eigenvalue weighted by molar-refractivity contribution is 5.96. The van der Waals surface area contributed by atoms with Crippen LogP contribution in [-0.2, 0) is 14.3 Å². The number of nitrogens with one attached hydrogen (secondary N) is 2. The van der Waals surface area contributed by atoms with Crippen LogP contribution >= 0.6 is 0 Å². The maximum absolute atomic E-state index is 12.9. The molecule has 0 saturated carbocycles. The van der Waals surface area contributed by atoms with Gasteiger partial charge < -0.3 is 20.1 Å². The van der Waals surface area contributed by atoms with Crippen molar-refractivity contribution in [3.8, 4) is 5.69 Å². The first kappa shape index (κ1) is 21.7. The Balaban J connectivity index is 1.64. The number of ether oxygens (including phenoxy) is 2. The quantitative estimate of drug-likeness (QED) is 0.521. The summed E-state index contributed by atoms with van der Waals surface area (Å²) in [5.74, 6) is -1.31.